The van der Waals surface area contributed by atoms with Crippen molar-refractivity contribution in [2.45, 2.75) is 30.3 Å². The molecular formula is C19H21FN2O4S. The Balaban J connectivity index is 1.66. The highest BCUT2D eigenvalue weighted by Gasteiger charge is 2.25. The van der Waals surface area contributed by atoms with Gasteiger partial charge in [-0.25, -0.2) is 22.3 Å². The highest BCUT2D eigenvalue weighted by atomic mass is 32.2. The first kappa shape index (κ1) is 19.5. The van der Waals surface area contributed by atoms with E-state index in [0.29, 0.717) is 19.5 Å². The molecule has 0 spiro atoms. The zero-order valence-corrected chi connectivity index (χ0v) is 15.5. The average Bonchev–Trinajstić information content (AvgIpc) is 2.62. The minimum absolute atomic E-state index is 0.0891. The summed E-state index contributed by atoms with van der Waals surface area (Å²) in [6, 6.07) is 11.4. The molecule has 0 radical (unpaired) electrons. The fraction of sp³-hybridized carbons (Fsp3) is 0.316. The highest BCUT2D eigenvalue weighted by Crippen LogP contribution is 2.18. The van der Waals surface area contributed by atoms with Crippen molar-refractivity contribution in [1.82, 2.24) is 9.62 Å². The molecule has 3 rings (SSSR count). The van der Waals surface area contributed by atoms with E-state index in [2.05, 4.69) is 9.62 Å². The number of hydrogen-bond donors (Lipinski definition) is 2. The van der Waals surface area contributed by atoms with E-state index in [4.69, 9.17) is 5.11 Å². The molecule has 1 heterocycles. The van der Waals surface area contributed by atoms with Crippen LogP contribution in [0.15, 0.2) is 53.4 Å². The van der Waals surface area contributed by atoms with Gasteiger partial charge in [-0.05, 0) is 55.3 Å². The normalized spacial score (nSPS) is 18.3. The third-order valence-electron chi connectivity index (χ3n) is 4.51. The summed E-state index contributed by atoms with van der Waals surface area (Å²) in [5, 5.41) is 9.10. The van der Waals surface area contributed by atoms with Crippen molar-refractivity contribution in [2.75, 3.05) is 13.1 Å². The Morgan fingerprint density at radius 2 is 2.00 bits per heavy atom. The first-order valence-corrected chi connectivity index (χ1v) is 10.1. The summed E-state index contributed by atoms with van der Waals surface area (Å²) in [6.45, 7) is 1.85. The van der Waals surface area contributed by atoms with Gasteiger partial charge in [0.2, 0.25) is 10.0 Å². The maximum atomic E-state index is 13.3. The zero-order valence-electron chi connectivity index (χ0n) is 14.6. The van der Waals surface area contributed by atoms with E-state index < -0.39 is 21.8 Å². The predicted octanol–water partition coefficient (Wildman–Crippen LogP) is 2.47. The maximum absolute atomic E-state index is 13.3. The standard InChI is InChI=1S/C19H21FN2O4S/c20-16-6-2-8-18(11-16)27(25,26)21-17-7-3-9-22(13-17)12-14-4-1-5-15(10-14)19(23)24/h1-2,4-6,8,10-11,17,21H,3,7,9,12-13H2,(H,23,24). The van der Waals surface area contributed by atoms with Crippen molar-refractivity contribution >= 4 is 16.0 Å². The van der Waals surface area contributed by atoms with Gasteiger partial charge in [0.05, 0.1) is 10.5 Å². The molecule has 0 aliphatic carbocycles. The van der Waals surface area contributed by atoms with Gasteiger partial charge in [0, 0.05) is 19.1 Å². The molecule has 1 unspecified atom stereocenters. The number of carboxylic acid groups (broad SMARTS) is 1. The van der Waals surface area contributed by atoms with Crippen LogP contribution in [0, 0.1) is 5.82 Å². The van der Waals surface area contributed by atoms with Crippen molar-refractivity contribution < 1.29 is 22.7 Å². The third-order valence-corrected chi connectivity index (χ3v) is 6.03. The topological polar surface area (TPSA) is 86.7 Å². The molecule has 0 amide bonds. The molecule has 27 heavy (non-hydrogen) atoms. The highest BCUT2D eigenvalue weighted by molar-refractivity contribution is 7.89. The SMILES string of the molecule is O=C(O)c1cccc(CN2CCCC(NS(=O)(=O)c3cccc(F)c3)C2)c1. The second-order valence-corrected chi connectivity index (χ2v) is 8.37. The number of benzene rings is 2. The summed E-state index contributed by atoms with van der Waals surface area (Å²) in [5.74, 6) is -1.57. The van der Waals surface area contributed by atoms with Gasteiger partial charge in [-0.3, -0.25) is 4.90 Å². The summed E-state index contributed by atoms with van der Waals surface area (Å²) >= 11 is 0. The second-order valence-electron chi connectivity index (χ2n) is 6.66. The van der Waals surface area contributed by atoms with Crippen LogP contribution in [0.4, 0.5) is 4.39 Å². The third kappa shape index (κ3) is 5.12. The van der Waals surface area contributed by atoms with Crippen molar-refractivity contribution in [2.24, 2.45) is 0 Å². The van der Waals surface area contributed by atoms with E-state index in [0.717, 1.165) is 24.6 Å². The number of piperidine rings is 1. The number of nitrogens with one attached hydrogen (secondary N) is 1. The van der Waals surface area contributed by atoms with Gasteiger partial charge < -0.3 is 5.11 Å². The van der Waals surface area contributed by atoms with E-state index >= 15 is 0 Å². The van der Waals surface area contributed by atoms with Crippen molar-refractivity contribution in [3.63, 3.8) is 0 Å². The fourth-order valence-electron chi connectivity index (χ4n) is 3.28. The molecule has 1 fully saturated rings. The van der Waals surface area contributed by atoms with Gasteiger partial charge >= 0.3 is 5.97 Å². The van der Waals surface area contributed by atoms with E-state index in [1.54, 1.807) is 12.1 Å². The first-order valence-electron chi connectivity index (χ1n) is 8.66. The number of carboxylic acids is 1. The Morgan fingerprint density at radius 3 is 2.74 bits per heavy atom. The lowest BCUT2D eigenvalue weighted by molar-refractivity contribution is 0.0696. The molecule has 144 valence electrons. The summed E-state index contributed by atoms with van der Waals surface area (Å²) in [7, 11) is -3.79. The number of nitrogens with zero attached hydrogens (tertiary/aromatic N) is 1. The lowest BCUT2D eigenvalue weighted by Gasteiger charge is -2.33. The largest absolute Gasteiger partial charge is 0.478 e. The molecule has 0 bridgehead atoms. The quantitative estimate of drug-likeness (QED) is 0.789. The molecule has 1 saturated heterocycles. The van der Waals surface area contributed by atoms with Crippen molar-refractivity contribution in [3.05, 3.63) is 65.5 Å². The van der Waals surface area contributed by atoms with E-state index in [9.17, 15) is 17.6 Å². The second kappa shape index (κ2) is 8.16. The van der Waals surface area contributed by atoms with E-state index in [1.807, 2.05) is 6.07 Å². The van der Waals surface area contributed by atoms with Crippen LogP contribution in [0.1, 0.15) is 28.8 Å². The number of halogens is 1. The van der Waals surface area contributed by atoms with Gasteiger partial charge in [-0.1, -0.05) is 18.2 Å². The Hall–Kier alpha value is -2.29. The molecule has 0 saturated carbocycles. The molecule has 2 aromatic carbocycles. The van der Waals surface area contributed by atoms with Gasteiger partial charge in [-0.2, -0.15) is 0 Å². The molecule has 6 nitrogen and oxygen atoms in total. The minimum atomic E-state index is -3.79. The van der Waals surface area contributed by atoms with Gasteiger partial charge in [0.1, 0.15) is 5.82 Å². The van der Waals surface area contributed by atoms with Crippen molar-refractivity contribution in [3.8, 4) is 0 Å². The van der Waals surface area contributed by atoms with E-state index in [1.165, 1.54) is 24.3 Å². The van der Waals surface area contributed by atoms with Crippen LogP contribution in [0.2, 0.25) is 0 Å². The minimum Gasteiger partial charge on any atom is -0.478 e. The average molecular weight is 392 g/mol. The number of rotatable bonds is 6. The maximum Gasteiger partial charge on any atom is 0.335 e. The molecule has 1 atom stereocenters. The Bertz CT molecular complexity index is 933. The van der Waals surface area contributed by atoms with Crippen LogP contribution in [0.5, 0.6) is 0 Å². The smallest absolute Gasteiger partial charge is 0.335 e. The van der Waals surface area contributed by atoms with Crippen LogP contribution < -0.4 is 4.72 Å². The van der Waals surface area contributed by atoms with Crippen LogP contribution in [0.3, 0.4) is 0 Å². The number of sulfonamides is 1. The molecule has 8 heteroatoms. The number of carbonyl (C=O) groups is 1. The molecule has 1 aliphatic heterocycles. The van der Waals surface area contributed by atoms with Gasteiger partial charge in [0.15, 0.2) is 0 Å². The van der Waals surface area contributed by atoms with Gasteiger partial charge in [0.25, 0.3) is 0 Å². The monoisotopic (exact) mass is 392 g/mol. The number of hydrogen-bond acceptors (Lipinski definition) is 4. The van der Waals surface area contributed by atoms with Crippen LogP contribution in [-0.2, 0) is 16.6 Å². The van der Waals surface area contributed by atoms with Crippen LogP contribution >= 0.6 is 0 Å². The summed E-state index contributed by atoms with van der Waals surface area (Å²) in [6.07, 6.45) is 1.51. The molecule has 0 aromatic heterocycles. The van der Waals surface area contributed by atoms with Crippen LogP contribution in [-0.4, -0.2) is 43.5 Å². The molecular weight excluding hydrogens is 371 g/mol. The number of likely N-dealkylation sites (tertiary alicyclic amines) is 1. The predicted molar refractivity (Wildman–Crippen MR) is 98.4 cm³/mol. The number of aromatic carboxylic acids is 1. The molecule has 2 N–H and O–H groups in total. The fourth-order valence-corrected chi connectivity index (χ4v) is 4.57. The Kier molecular flexibility index (Phi) is 5.88. The Labute approximate surface area is 157 Å². The lowest BCUT2D eigenvalue weighted by atomic mass is 10.0. The lowest BCUT2D eigenvalue weighted by Crippen LogP contribution is -2.47. The summed E-state index contributed by atoms with van der Waals surface area (Å²) in [4.78, 5) is 13.1. The van der Waals surface area contributed by atoms with Crippen LogP contribution in [0.25, 0.3) is 0 Å². The van der Waals surface area contributed by atoms with Gasteiger partial charge in [-0.15, -0.1) is 0 Å². The summed E-state index contributed by atoms with van der Waals surface area (Å²) < 4.78 is 40.9. The van der Waals surface area contributed by atoms with E-state index in [-0.39, 0.29) is 16.5 Å². The summed E-state index contributed by atoms with van der Waals surface area (Å²) in [5.41, 5.74) is 1.09. The zero-order chi connectivity index (χ0) is 19.4. The first-order chi connectivity index (χ1) is 12.8. The Morgan fingerprint density at radius 1 is 1.22 bits per heavy atom. The molecule has 1 aliphatic rings. The molecule has 2 aromatic rings. The van der Waals surface area contributed by atoms with Crippen molar-refractivity contribution in [1.29, 1.82) is 0 Å².